The highest BCUT2D eigenvalue weighted by Gasteiger charge is 2.25. The molecule has 0 radical (unpaired) electrons. The minimum atomic E-state index is 0.0909. The number of allylic oxidation sites excluding steroid dienone is 4. The molecule has 1 unspecified atom stereocenters. The van der Waals surface area contributed by atoms with Crippen molar-refractivity contribution in [1.29, 1.82) is 0 Å². The van der Waals surface area contributed by atoms with Crippen LogP contribution in [0.3, 0.4) is 0 Å². The molecule has 0 spiro atoms. The van der Waals surface area contributed by atoms with Crippen molar-refractivity contribution in [2.24, 2.45) is 0 Å². The van der Waals surface area contributed by atoms with Crippen LogP contribution in [0.4, 0.5) is 0 Å². The predicted octanol–water partition coefficient (Wildman–Crippen LogP) is 11.3. The van der Waals surface area contributed by atoms with Gasteiger partial charge in [0.05, 0.1) is 22.2 Å². The van der Waals surface area contributed by atoms with E-state index in [1.807, 2.05) is 0 Å². The van der Waals surface area contributed by atoms with Crippen LogP contribution in [0.25, 0.3) is 66.2 Å². The lowest BCUT2D eigenvalue weighted by Gasteiger charge is -2.25. The zero-order valence-corrected chi connectivity index (χ0v) is 26.3. The van der Waals surface area contributed by atoms with E-state index in [1.165, 1.54) is 33.0 Å². The minimum Gasteiger partial charge on any atom is -0.248 e. The Morgan fingerprint density at radius 2 is 1.02 bits per heavy atom. The summed E-state index contributed by atoms with van der Waals surface area (Å²) in [6.07, 6.45) is 5.50. The molecule has 1 aliphatic rings. The monoisotopic (exact) mass is 613 g/mol. The van der Waals surface area contributed by atoms with Gasteiger partial charge in [-0.3, -0.25) is 0 Å². The van der Waals surface area contributed by atoms with Gasteiger partial charge in [0.25, 0.3) is 0 Å². The van der Waals surface area contributed by atoms with Crippen LogP contribution in [0.1, 0.15) is 29.3 Å². The lowest BCUT2D eigenvalue weighted by atomic mass is 9.80. The van der Waals surface area contributed by atoms with Gasteiger partial charge in [0, 0.05) is 27.6 Å². The highest BCUT2D eigenvalue weighted by molar-refractivity contribution is 6.00. The van der Waals surface area contributed by atoms with Gasteiger partial charge in [-0.25, -0.2) is 15.0 Å². The van der Waals surface area contributed by atoms with Crippen molar-refractivity contribution < 1.29 is 0 Å². The maximum absolute atomic E-state index is 5.36. The second-order valence-corrected chi connectivity index (χ2v) is 12.4. The Kier molecular flexibility index (Phi) is 6.94. The van der Waals surface area contributed by atoms with E-state index in [0.717, 1.165) is 56.6 Å². The first kappa shape index (κ1) is 28.1. The molecule has 2 heterocycles. The number of nitrogens with zero attached hydrogens (tertiary/aromatic N) is 3. The zero-order valence-electron chi connectivity index (χ0n) is 26.3. The molecule has 1 atom stereocenters. The van der Waals surface area contributed by atoms with Crippen molar-refractivity contribution in [3.05, 3.63) is 187 Å². The summed E-state index contributed by atoms with van der Waals surface area (Å²) in [6.45, 7) is 0. The molecule has 0 bridgehead atoms. The van der Waals surface area contributed by atoms with Crippen molar-refractivity contribution in [3.8, 4) is 22.4 Å². The summed E-state index contributed by atoms with van der Waals surface area (Å²) in [5.41, 5.74) is 12.1. The average Bonchev–Trinajstić information content (AvgIpc) is 3.17. The summed E-state index contributed by atoms with van der Waals surface area (Å²) in [4.78, 5) is 15.7. The lowest BCUT2D eigenvalue weighted by Crippen LogP contribution is -2.08. The molecule has 2 aromatic heterocycles. The minimum absolute atomic E-state index is 0.0909. The molecule has 1 aliphatic carbocycles. The number of fused-ring (bicyclic) bond motifs is 3. The van der Waals surface area contributed by atoms with Crippen LogP contribution < -0.4 is 0 Å². The van der Waals surface area contributed by atoms with E-state index in [2.05, 4.69) is 170 Å². The summed E-state index contributed by atoms with van der Waals surface area (Å²) in [6, 6.07) is 55.3. The van der Waals surface area contributed by atoms with Gasteiger partial charge in [-0.1, -0.05) is 140 Å². The number of pyridine rings is 1. The largest absolute Gasteiger partial charge is 0.248 e. The number of hydrogen-bond acceptors (Lipinski definition) is 3. The quantitative estimate of drug-likeness (QED) is 0.181. The smallest absolute Gasteiger partial charge is 0.156 e. The van der Waals surface area contributed by atoms with Gasteiger partial charge < -0.3 is 0 Å². The van der Waals surface area contributed by atoms with E-state index in [1.54, 1.807) is 0 Å². The molecule has 0 saturated heterocycles. The number of hydrogen-bond donors (Lipinski definition) is 0. The fraction of sp³-hybridized carbons (Fsp3) is 0.0444. The highest BCUT2D eigenvalue weighted by atomic mass is 14.9. The maximum atomic E-state index is 5.36. The molecule has 6 aromatic carbocycles. The topological polar surface area (TPSA) is 38.7 Å². The van der Waals surface area contributed by atoms with Gasteiger partial charge in [-0.15, -0.1) is 0 Å². The van der Waals surface area contributed by atoms with E-state index in [9.17, 15) is 0 Å². The first-order valence-electron chi connectivity index (χ1n) is 16.5. The van der Waals surface area contributed by atoms with Crippen LogP contribution in [-0.4, -0.2) is 15.0 Å². The van der Waals surface area contributed by atoms with E-state index in [-0.39, 0.29) is 5.92 Å². The molecule has 0 amide bonds. The van der Waals surface area contributed by atoms with Crippen molar-refractivity contribution in [1.82, 2.24) is 15.0 Å². The maximum Gasteiger partial charge on any atom is 0.156 e. The third-order valence-electron chi connectivity index (χ3n) is 9.40. The van der Waals surface area contributed by atoms with Gasteiger partial charge >= 0.3 is 0 Å². The Morgan fingerprint density at radius 3 is 1.69 bits per heavy atom. The van der Waals surface area contributed by atoms with E-state index in [0.29, 0.717) is 0 Å². The lowest BCUT2D eigenvalue weighted by molar-refractivity contribution is 0.875. The summed E-state index contributed by atoms with van der Waals surface area (Å²) in [5.74, 6) is 0.855. The Hall–Kier alpha value is -6.19. The Labute approximate surface area is 279 Å². The second kappa shape index (κ2) is 11.9. The van der Waals surface area contributed by atoms with Gasteiger partial charge in [-0.05, 0) is 70.2 Å². The summed E-state index contributed by atoms with van der Waals surface area (Å²) >= 11 is 0. The molecule has 3 heteroatoms. The van der Waals surface area contributed by atoms with Crippen LogP contribution >= 0.6 is 0 Å². The molecule has 226 valence electrons. The number of rotatable bonds is 5. The summed E-state index contributed by atoms with van der Waals surface area (Å²) < 4.78 is 0. The SMILES string of the molecule is C1=C(c2ccccc2)C=C(c2nc(-c3ccccc3)c3ccc(-c4ccccc4)cc3n2)CC1c1c2ccccc2nc2ccccc12. The van der Waals surface area contributed by atoms with Gasteiger partial charge in [0.1, 0.15) is 0 Å². The van der Waals surface area contributed by atoms with Crippen molar-refractivity contribution >= 4 is 43.9 Å². The Bertz CT molecular complexity index is 2460. The summed E-state index contributed by atoms with van der Waals surface area (Å²) in [7, 11) is 0. The van der Waals surface area contributed by atoms with Crippen LogP contribution in [0.2, 0.25) is 0 Å². The Morgan fingerprint density at radius 1 is 0.438 bits per heavy atom. The van der Waals surface area contributed by atoms with Crippen LogP contribution in [-0.2, 0) is 0 Å². The van der Waals surface area contributed by atoms with Crippen molar-refractivity contribution in [3.63, 3.8) is 0 Å². The molecule has 0 aliphatic heterocycles. The third kappa shape index (κ3) is 5.06. The number of benzene rings is 6. The summed E-state index contributed by atoms with van der Waals surface area (Å²) in [5, 5.41) is 3.41. The molecule has 8 aromatic rings. The molecule has 9 rings (SSSR count). The zero-order chi connectivity index (χ0) is 31.9. The second-order valence-electron chi connectivity index (χ2n) is 12.4. The standard InChI is InChI=1S/C45H31N3/c1-4-14-30(15-5-1)33-24-25-39-42(29-33)47-45(48-44(39)32-18-8-3-9-19-32)36-27-34(31-16-6-2-7-17-31)26-35(28-36)43-37-20-10-12-22-40(37)46-41-23-13-11-21-38(41)43/h1-27,29,35H,28H2. The molecule has 0 fully saturated rings. The third-order valence-corrected chi connectivity index (χ3v) is 9.40. The molecule has 0 N–H and O–H groups in total. The van der Waals surface area contributed by atoms with Crippen LogP contribution in [0, 0.1) is 0 Å². The van der Waals surface area contributed by atoms with Crippen LogP contribution in [0.15, 0.2) is 170 Å². The molecule has 3 nitrogen and oxygen atoms in total. The number of aromatic nitrogens is 3. The predicted molar refractivity (Wildman–Crippen MR) is 199 cm³/mol. The normalized spacial score (nSPS) is 14.6. The molecule has 0 saturated carbocycles. The number of para-hydroxylation sites is 2. The Balaban J connectivity index is 1.27. The molecular formula is C45H31N3. The van der Waals surface area contributed by atoms with Gasteiger partial charge in [-0.2, -0.15) is 0 Å². The van der Waals surface area contributed by atoms with E-state index >= 15 is 0 Å². The van der Waals surface area contributed by atoms with Crippen molar-refractivity contribution in [2.45, 2.75) is 12.3 Å². The van der Waals surface area contributed by atoms with E-state index in [4.69, 9.17) is 15.0 Å². The first-order chi connectivity index (χ1) is 23.8. The van der Waals surface area contributed by atoms with Crippen molar-refractivity contribution in [2.75, 3.05) is 0 Å². The fourth-order valence-electron chi connectivity index (χ4n) is 7.13. The van der Waals surface area contributed by atoms with E-state index < -0.39 is 0 Å². The molecule has 48 heavy (non-hydrogen) atoms. The van der Waals surface area contributed by atoms with Gasteiger partial charge in [0.15, 0.2) is 5.82 Å². The molecular weight excluding hydrogens is 583 g/mol. The first-order valence-corrected chi connectivity index (χ1v) is 16.5. The fourth-order valence-corrected chi connectivity index (χ4v) is 7.13. The average molecular weight is 614 g/mol. The van der Waals surface area contributed by atoms with Gasteiger partial charge in [0.2, 0.25) is 0 Å². The van der Waals surface area contributed by atoms with Crippen LogP contribution in [0.5, 0.6) is 0 Å². The highest BCUT2D eigenvalue weighted by Crippen LogP contribution is 2.43.